The van der Waals surface area contributed by atoms with Gasteiger partial charge >= 0.3 is 0 Å². The van der Waals surface area contributed by atoms with Crippen LogP contribution in [0.5, 0.6) is 0 Å². The fourth-order valence-electron chi connectivity index (χ4n) is 2.29. The van der Waals surface area contributed by atoms with E-state index in [-0.39, 0.29) is 10.9 Å². The maximum atomic E-state index is 14.2. The second-order valence-electron chi connectivity index (χ2n) is 5.91. The summed E-state index contributed by atoms with van der Waals surface area (Å²) in [6.07, 6.45) is 2.74. The van der Waals surface area contributed by atoms with Gasteiger partial charge in [0.25, 0.3) is 0 Å². The second-order valence-corrected chi connectivity index (χ2v) is 7.87. The molecule has 0 bridgehead atoms. The number of hydrogen-bond donors (Lipinski definition) is 1. The van der Waals surface area contributed by atoms with Crippen molar-refractivity contribution in [1.29, 1.82) is 0 Å². The van der Waals surface area contributed by atoms with Crippen molar-refractivity contribution in [2.24, 2.45) is 0 Å². The summed E-state index contributed by atoms with van der Waals surface area (Å²) in [5.41, 5.74) is 0.742. The molecule has 1 N–H and O–H groups in total. The predicted octanol–water partition coefficient (Wildman–Crippen LogP) is 2.50. The smallest absolute Gasteiger partial charge is 0.245 e. The predicted molar refractivity (Wildman–Crippen MR) is 81.0 cm³/mol. The lowest BCUT2D eigenvalue weighted by Gasteiger charge is -2.33. The first-order valence-corrected chi connectivity index (χ1v) is 8.76. The minimum Gasteiger partial charge on any atom is -0.310 e. The van der Waals surface area contributed by atoms with Gasteiger partial charge in [-0.25, -0.2) is 12.8 Å². The van der Waals surface area contributed by atoms with Crippen LogP contribution in [0.1, 0.15) is 38.7 Å². The van der Waals surface area contributed by atoms with E-state index in [9.17, 15) is 12.8 Å². The maximum Gasteiger partial charge on any atom is 0.245 e. The molecule has 0 amide bonds. The lowest BCUT2D eigenvalue weighted by atomic mass is 9.94. The van der Waals surface area contributed by atoms with Crippen molar-refractivity contribution in [2.75, 3.05) is 7.05 Å². The van der Waals surface area contributed by atoms with E-state index in [4.69, 9.17) is 0 Å². The van der Waals surface area contributed by atoms with Gasteiger partial charge in [-0.1, -0.05) is 26.3 Å². The van der Waals surface area contributed by atoms with Crippen LogP contribution in [0.2, 0.25) is 0 Å². The average Bonchev–Trinajstić information content (AvgIpc) is 2.33. The molecule has 0 radical (unpaired) electrons. The Labute approximate surface area is 126 Å². The number of nitrogens with one attached hydrogen (secondary N) is 1. The van der Waals surface area contributed by atoms with Crippen LogP contribution in [0, 0.1) is 5.82 Å². The van der Waals surface area contributed by atoms with Crippen molar-refractivity contribution in [2.45, 2.75) is 56.6 Å². The van der Waals surface area contributed by atoms with Crippen molar-refractivity contribution in [3.8, 4) is 0 Å². The molecule has 0 aromatic heterocycles. The number of sulfonamides is 1. The van der Waals surface area contributed by atoms with E-state index in [1.165, 1.54) is 23.5 Å². The largest absolute Gasteiger partial charge is 0.310 e. The SMILES string of the molecule is CC(C)NCc1ccc(S(=O)(=O)N(C)C2CCC2)c(F)c1. The Kier molecular flexibility index (Phi) is 5.01. The summed E-state index contributed by atoms with van der Waals surface area (Å²) >= 11 is 0. The van der Waals surface area contributed by atoms with Gasteiger partial charge in [0.1, 0.15) is 10.7 Å². The molecule has 4 nitrogen and oxygen atoms in total. The Bertz CT molecular complexity index is 598. The molecule has 2 rings (SSSR count). The molecule has 0 saturated heterocycles. The molecule has 0 heterocycles. The second kappa shape index (κ2) is 6.42. The normalized spacial score (nSPS) is 16.5. The Balaban J connectivity index is 2.19. The van der Waals surface area contributed by atoms with Crippen molar-refractivity contribution in [3.05, 3.63) is 29.6 Å². The highest BCUT2D eigenvalue weighted by Gasteiger charge is 2.33. The minimum absolute atomic E-state index is 0.0108. The highest BCUT2D eigenvalue weighted by Crippen LogP contribution is 2.29. The van der Waals surface area contributed by atoms with Gasteiger partial charge in [0.05, 0.1) is 0 Å². The fraction of sp³-hybridized carbons (Fsp3) is 0.600. The number of halogens is 1. The van der Waals surface area contributed by atoms with Crippen LogP contribution < -0.4 is 5.32 Å². The van der Waals surface area contributed by atoms with Gasteiger partial charge in [0.2, 0.25) is 10.0 Å². The van der Waals surface area contributed by atoms with Crippen LogP contribution in [0.3, 0.4) is 0 Å². The summed E-state index contributed by atoms with van der Waals surface area (Å²) in [5, 5.41) is 3.18. The molecule has 118 valence electrons. The lowest BCUT2D eigenvalue weighted by molar-refractivity contribution is 0.249. The van der Waals surface area contributed by atoms with Crippen molar-refractivity contribution in [3.63, 3.8) is 0 Å². The van der Waals surface area contributed by atoms with Crippen molar-refractivity contribution >= 4 is 10.0 Å². The van der Waals surface area contributed by atoms with E-state index in [0.717, 1.165) is 24.8 Å². The van der Waals surface area contributed by atoms with Crippen LogP contribution in [0.25, 0.3) is 0 Å². The summed E-state index contributed by atoms with van der Waals surface area (Å²) in [4.78, 5) is -0.231. The molecule has 0 aliphatic heterocycles. The molecular weight excluding hydrogens is 291 g/mol. The van der Waals surface area contributed by atoms with Crippen LogP contribution in [-0.2, 0) is 16.6 Å². The highest BCUT2D eigenvalue weighted by atomic mass is 32.2. The summed E-state index contributed by atoms with van der Waals surface area (Å²) < 4.78 is 40.4. The minimum atomic E-state index is -3.74. The quantitative estimate of drug-likeness (QED) is 0.877. The van der Waals surface area contributed by atoms with Gasteiger partial charge in [-0.2, -0.15) is 4.31 Å². The van der Waals surface area contributed by atoms with Gasteiger partial charge in [-0.05, 0) is 30.5 Å². The van der Waals surface area contributed by atoms with Gasteiger partial charge in [-0.15, -0.1) is 0 Å². The molecule has 0 atom stereocenters. The summed E-state index contributed by atoms with van der Waals surface area (Å²) in [5.74, 6) is -0.677. The van der Waals surface area contributed by atoms with Gasteiger partial charge in [0, 0.05) is 25.7 Å². The summed E-state index contributed by atoms with van der Waals surface area (Å²) in [6.45, 7) is 4.53. The standard InChI is InChI=1S/C15H23FN2O2S/c1-11(2)17-10-12-7-8-15(14(16)9-12)21(19,20)18(3)13-5-4-6-13/h7-9,11,13,17H,4-6,10H2,1-3H3. The third kappa shape index (κ3) is 3.62. The Morgan fingerprint density at radius 1 is 1.38 bits per heavy atom. The van der Waals surface area contributed by atoms with E-state index in [1.54, 1.807) is 6.07 Å². The van der Waals surface area contributed by atoms with E-state index in [0.29, 0.717) is 12.6 Å². The molecule has 21 heavy (non-hydrogen) atoms. The fourth-order valence-corrected chi connectivity index (χ4v) is 3.75. The zero-order valence-corrected chi connectivity index (χ0v) is 13.6. The highest BCUT2D eigenvalue weighted by molar-refractivity contribution is 7.89. The topological polar surface area (TPSA) is 49.4 Å². The van der Waals surface area contributed by atoms with E-state index >= 15 is 0 Å². The Morgan fingerprint density at radius 3 is 2.52 bits per heavy atom. The molecular formula is C15H23FN2O2S. The van der Waals surface area contributed by atoms with E-state index < -0.39 is 15.8 Å². The molecule has 1 aromatic rings. The molecule has 1 fully saturated rings. The van der Waals surface area contributed by atoms with Crippen LogP contribution >= 0.6 is 0 Å². The first-order valence-electron chi connectivity index (χ1n) is 7.32. The van der Waals surface area contributed by atoms with Gasteiger partial charge < -0.3 is 5.32 Å². The number of benzene rings is 1. The average molecular weight is 314 g/mol. The molecule has 0 spiro atoms. The van der Waals surface area contributed by atoms with Crippen LogP contribution in [0.4, 0.5) is 4.39 Å². The van der Waals surface area contributed by atoms with Crippen LogP contribution in [0.15, 0.2) is 23.1 Å². The molecule has 0 unspecified atom stereocenters. The lowest BCUT2D eigenvalue weighted by Crippen LogP contribution is -2.41. The van der Waals surface area contributed by atoms with Crippen molar-refractivity contribution in [1.82, 2.24) is 9.62 Å². The van der Waals surface area contributed by atoms with Crippen molar-refractivity contribution < 1.29 is 12.8 Å². The third-order valence-corrected chi connectivity index (χ3v) is 5.90. The summed E-state index contributed by atoms with van der Waals surface area (Å²) in [7, 11) is -2.21. The summed E-state index contributed by atoms with van der Waals surface area (Å²) in [6, 6.07) is 4.64. The van der Waals surface area contributed by atoms with Gasteiger partial charge in [0.15, 0.2) is 0 Å². The molecule has 1 aliphatic carbocycles. The zero-order chi connectivity index (χ0) is 15.6. The number of hydrogen-bond acceptors (Lipinski definition) is 3. The molecule has 1 saturated carbocycles. The number of rotatable bonds is 6. The zero-order valence-electron chi connectivity index (χ0n) is 12.8. The maximum absolute atomic E-state index is 14.2. The van der Waals surface area contributed by atoms with Gasteiger partial charge in [-0.3, -0.25) is 0 Å². The monoisotopic (exact) mass is 314 g/mol. The third-order valence-electron chi connectivity index (χ3n) is 3.96. The first-order chi connectivity index (χ1) is 9.82. The molecule has 1 aliphatic rings. The van der Waals surface area contributed by atoms with Crippen LogP contribution in [-0.4, -0.2) is 31.9 Å². The Morgan fingerprint density at radius 2 is 2.05 bits per heavy atom. The van der Waals surface area contributed by atoms with E-state index in [1.807, 2.05) is 13.8 Å². The van der Waals surface area contributed by atoms with E-state index in [2.05, 4.69) is 5.32 Å². The first kappa shape index (κ1) is 16.4. The number of nitrogens with zero attached hydrogens (tertiary/aromatic N) is 1. The molecule has 1 aromatic carbocycles. The Hall–Kier alpha value is -0.980. The molecule has 6 heteroatoms.